The Morgan fingerprint density at radius 3 is 2.80 bits per heavy atom. The van der Waals surface area contributed by atoms with Crippen LogP contribution < -0.4 is 5.32 Å². The highest BCUT2D eigenvalue weighted by molar-refractivity contribution is 7.99. The fourth-order valence-electron chi connectivity index (χ4n) is 1.78. The highest BCUT2D eigenvalue weighted by atomic mass is 32.2. The third-order valence-electron chi connectivity index (χ3n) is 3.16. The van der Waals surface area contributed by atoms with Gasteiger partial charge < -0.3 is 10.1 Å². The fraction of sp³-hybridized carbons (Fsp3) is 0.643. The summed E-state index contributed by atoms with van der Waals surface area (Å²) in [5.74, 6) is 2.35. The third kappa shape index (κ3) is 3.85. The summed E-state index contributed by atoms with van der Waals surface area (Å²) in [6, 6.07) is 0. The van der Waals surface area contributed by atoms with Crippen LogP contribution in [0.15, 0.2) is 5.03 Å². The molecule has 0 atom stereocenters. The van der Waals surface area contributed by atoms with Crippen LogP contribution in [0.5, 0.6) is 0 Å². The van der Waals surface area contributed by atoms with Crippen molar-refractivity contribution in [2.24, 2.45) is 0 Å². The third-order valence-corrected chi connectivity index (χ3v) is 4.21. The monoisotopic (exact) mass is 295 g/mol. The Labute approximate surface area is 123 Å². The number of esters is 1. The van der Waals surface area contributed by atoms with Gasteiger partial charge in [-0.1, -0.05) is 18.7 Å². The van der Waals surface area contributed by atoms with Crippen molar-refractivity contribution in [3.63, 3.8) is 0 Å². The normalized spacial score (nSPS) is 14.2. The number of nitrogens with zero attached hydrogens (tertiary/aromatic N) is 2. The smallest absolute Gasteiger partial charge is 0.316 e. The molecular weight excluding hydrogens is 274 g/mol. The SMILES string of the molecule is CCCNc1nc(C2CC2)nc(SCC(=O)OC)c1C. The second-order valence-electron chi connectivity index (χ2n) is 4.93. The number of anilines is 1. The zero-order valence-corrected chi connectivity index (χ0v) is 13.0. The van der Waals surface area contributed by atoms with Crippen LogP contribution in [0, 0.1) is 6.92 Å². The van der Waals surface area contributed by atoms with Gasteiger partial charge in [-0.25, -0.2) is 9.97 Å². The van der Waals surface area contributed by atoms with Crippen LogP contribution >= 0.6 is 11.8 Å². The fourth-order valence-corrected chi connectivity index (χ4v) is 2.62. The van der Waals surface area contributed by atoms with Gasteiger partial charge in [0.25, 0.3) is 0 Å². The Bertz CT molecular complexity index is 490. The summed E-state index contributed by atoms with van der Waals surface area (Å²) in [5.41, 5.74) is 1.01. The molecular formula is C14H21N3O2S. The van der Waals surface area contributed by atoms with Crippen molar-refractivity contribution >= 4 is 23.5 Å². The number of carbonyl (C=O) groups is 1. The van der Waals surface area contributed by atoms with Gasteiger partial charge in [0.15, 0.2) is 0 Å². The van der Waals surface area contributed by atoms with Crippen molar-refractivity contribution in [2.75, 3.05) is 24.7 Å². The van der Waals surface area contributed by atoms with Crippen molar-refractivity contribution in [2.45, 2.75) is 44.1 Å². The molecule has 1 saturated carbocycles. The molecule has 0 unspecified atom stereocenters. The van der Waals surface area contributed by atoms with Gasteiger partial charge in [0.2, 0.25) is 0 Å². The van der Waals surface area contributed by atoms with Gasteiger partial charge >= 0.3 is 5.97 Å². The first-order valence-corrected chi connectivity index (χ1v) is 7.96. The Morgan fingerprint density at radius 2 is 2.20 bits per heavy atom. The molecule has 1 N–H and O–H groups in total. The number of nitrogens with one attached hydrogen (secondary N) is 1. The van der Waals surface area contributed by atoms with Crippen LogP contribution in [0.4, 0.5) is 5.82 Å². The number of methoxy groups -OCH3 is 1. The summed E-state index contributed by atoms with van der Waals surface area (Å²) >= 11 is 1.42. The molecule has 0 aliphatic heterocycles. The lowest BCUT2D eigenvalue weighted by Crippen LogP contribution is -2.09. The minimum absolute atomic E-state index is 0.232. The average Bonchev–Trinajstić information content (AvgIpc) is 3.29. The van der Waals surface area contributed by atoms with E-state index in [0.717, 1.165) is 48.0 Å². The molecule has 0 radical (unpaired) electrons. The maximum Gasteiger partial charge on any atom is 0.316 e. The summed E-state index contributed by atoms with van der Waals surface area (Å²) in [5, 5.41) is 4.23. The summed E-state index contributed by atoms with van der Waals surface area (Å²) in [7, 11) is 1.40. The van der Waals surface area contributed by atoms with Crippen LogP contribution in [0.25, 0.3) is 0 Å². The molecule has 1 aromatic rings. The topological polar surface area (TPSA) is 64.1 Å². The molecule has 110 valence electrons. The van der Waals surface area contributed by atoms with Crippen molar-refractivity contribution in [1.82, 2.24) is 9.97 Å². The van der Waals surface area contributed by atoms with Gasteiger partial charge in [-0.3, -0.25) is 4.79 Å². The van der Waals surface area contributed by atoms with E-state index in [0.29, 0.717) is 5.92 Å². The number of hydrogen-bond donors (Lipinski definition) is 1. The largest absolute Gasteiger partial charge is 0.468 e. The quantitative estimate of drug-likeness (QED) is 0.474. The predicted octanol–water partition coefficient (Wildman–Crippen LogP) is 2.75. The lowest BCUT2D eigenvalue weighted by Gasteiger charge is -2.13. The molecule has 2 rings (SSSR count). The van der Waals surface area contributed by atoms with Crippen molar-refractivity contribution in [3.8, 4) is 0 Å². The number of aromatic nitrogens is 2. The van der Waals surface area contributed by atoms with Gasteiger partial charge in [-0.15, -0.1) is 0 Å². The van der Waals surface area contributed by atoms with Gasteiger partial charge in [-0.2, -0.15) is 0 Å². The first-order valence-electron chi connectivity index (χ1n) is 6.97. The highest BCUT2D eigenvalue weighted by Crippen LogP contribution is 2.40. The Balaban J connectivity index is 2.18. The molecule has 6 heteroatoms. The van der Waals surface area contributed by atoms with Crippen LogP contribution in [0.1, 0.15) is 43.5 Å². The molecule has 0 amide bonds. The van der Waals surface area contributed by atoms with E-state index >= 15 is 0 Å². The standard InChI is InChI=1S/C14H21N3O2S/c1-4-7-15-12-9(2)14(20-8-11(18)19-3)17-13(16-12)10-5-6-10/h10H,4-8H2,1-3H3,(H,15,16,17). The van der Waals surface area contributed by atoms with E-state index in [4.69, 9.17) is 0 Å². The van der Waals surface area contributed by atoms with Crippen LogP contribution in [-0.2, 0) is 9.53 Å². The van der Waals surface area contributed by atoms with Crippen LogP contribution in [0.2, 0.25) is 0 Å². The number of rotatable bonds is 7. The molecule has 0 aromatic carbocycles. The molecule has 1 aliphatic carbocycles. The molecule has 0 bridgehead atoms. The van der Waals surface area contributed by atoms with Gasteiger partial charge in [0, 0.05) is 18.0 Å². The first kappa shape index (κ1) is 15.1. The van der Waals surface area contributed by atoms with Crippen molar-refractivity contribution in [3.05, 3.63) is 11.4 Å². The van der Waals surface area contributed by atoms with Crippen LogP contribution in [0.3, 0.4) is 0 Å². The molecule has 0 saturated heterocycles. The molecule has 1 aromatic heterocycles. The first-order chi connectivity index (χ1) is 9.65. The molecule has 1 aliphatic rings. The van der Waals surface area contributed by atoms with Crippen molar-refractivity contribution < 1.29 is 9.53 Å². The predicted molar refractivity (Wildman–Crippen MR) is 80.3 cm³/mol. The van der Waals surface area contributed by atoms with E-state index in [-0.39, 0.29) is 11.7 Å². The second-order valence-corrected chi connectivity index (χ2v) is 5.89. The van der Waals surface area contributed by atoms with Gasteiger partial charge in [0.1, 0.15) is 16.7 Å². The van der Waals surface area contributed by atoms with Crippen molar-refractivity contribution in [1.29, 1.82) is 0 Å². The molecule has 0 spiro atoms. The van der Waals surface area contributed by atoms with E-state index in [9.17, 15) is 4.79 Å². The lowest BCUT2D eigenvalue weighted by atomic mass is 10.3. The molecule has 1 fully saturated rings. The lowest BCUT2D eigenvalue weighted by molar-refractivity contribution is -0.137. The van der Waals surface area contributed by atoms with E-state index in [1.165, 1.54) is 18.9 Å². The Hall–Kier alpha value is -1.30. The Morgan fingerprint density at radius 1 is 1.45 bits per heavy atom. The minimum atomic E-state index is -0.232. The minimum Gasteiger partial charge on any atom is -0.468 e. The maximum absolute atomic E-state index is 11.3. The number of ether oxygens (including phenoxy) is 1. The second kappa shape index (κ2) is 6.92. The Kier molecular flexibility index (Phi) is 5.23. The highest BCUT2D eigenvalue weighted by Gasteiger charge is 2.28. The number of hydrogen-bond acceptors (Lipinski definition) is 6. The van der Waals surface area contributed by atoms with Gasteiger partial charge in [0.05, 0.1) is 12.9 Å². The molecule has 20 heavy (non-hydrogen) atoms. The zero-order chi connectivity index (χ0) is 14.5. The number of carbonyl (C=O) groups excluding carboxylic acids is 1. The zero-order valence-electron chi connectivity index (χ0n) is 12.2. The average molecular weight is 295 g/mol. The maximum atomic E-state index is 11.3. The summed E-state index contributed by atoms with van der Waals surface area (Å²) in [4.78, 5) is 20.5. The summed E-state index contributed by atoms with van der Waals surface area (Å²) < 4.78 is 4.68. The molecule has 1 heterocycles. The summed E-state index contributed by atoms with van der Waals surface area (Å²) in [6.07, 6.45) is 3.38. The van der Waals surface area contributed by atoms with E-state index < -0.39 is 0 Å². The van der Waals surface area contributed by atoms with E-state index in [1.54, 1.807) is 0 Å². The van der Waals surface area contributed by atoms with E-state index in [2.05, 4.69) is 26.9 Å². The van der Waals surface area contributed by atoms with E-state index in [1.807, 2.05) is 6.92 Å². The summed E-state index contributed by atoms with van der Waals surface area (Å²) in [6.45, 7) is 5.01. The molecule has 5 nitrogen and oxygen atoms in total. The van der Waals surface area contributed by atoms with Crippen LogP contribution in [-0.4, -0.2) is 35.3 Å². The number of thioether (sulfide) groups is 1. The van der Waals surface area contributed by atoms with Gasteiger partial charge in [-0.05, 0) is 26.2 Å².